The van der Waals surface area contributed by atoms with Gasteiger partial charge in [0.25, 0.3) is 0 Å². The molecular formula is C14H18FNO2. The average Bonchev–Trinajstić information content (AvgIpc) is 2.79. The van der Waals surface area contributed by atoms with Crippen molar-refractivity contribution < 1.29 is 14.3 Å². The van der Waals surface area contributed by atoms with Gasteiger partial charge in [0.15, 0.2) is 0 Å². The van der Waals surface area contributed by atoms with Gasteiger partial charge in [0.2, 0.25) is 0 Å². The Morgan fingerprint density at radius 3 is 2.67 bits per heavy atom. The van der Waals surface area contributed by atoms with Crippen LogP contribution in [0.2, 0.25) is 0 Å². The molecule has 0 amide bonds. The number of hydrogen-bond donors (Lipinski definition) is 1. The fourth-order valence-corrected chi connectivity index (χ4v) is 2.75. The number of aliphatic carboxylic acids is 1. The molecule has 0 bridgehead atoms. The van der Waals surface area contributed by atoms with E-state index in [1.54, 1.807) is 12.1 Å². The van der Waals surface area contributed by atoms with Gasteiger partial charge in [0, 0.05) is 19.3 Å². The molecule has 0 heterocycles. The number of halogens is 1. The molecule has 0 aliphatic heterocycles. The lowest BCUT2D eigenvalue weighted by molar-refractivity contribution is -0.148. The van der Waals surface area contributed by atoms with Gasteiger partial charge in [-0.25, -0.2) is 4.39 Å². The molecule has 1 fully saturated rings. The lowest BCUT2D eigenvalue weighted by Gasteiger charge is -2.31. The van der Waals surface area contributed by atoms with Crippen LogP contribution in [0.5, 0.6) is 0 Å². The Balaban J connectivity index is 2.15. The van der Waals surface area contributed by atoms with Gasteiger partial charge in [-0.05, 0) is 31.0 Å². The van der Waals surface area contributed by atoms with Crippen molar-refractivity contribution in [2.75, 3.05) is 18.5 Å². The summed E-state index contributed by atoms with van der Waals surface area (Å²) in [5.41, 5.74) is 0.0590. The van der Waals surface area contributed by atoms with Gasteiger partial charge in [-0.1, -0.05) is 18.9 Å². The Kier molecular flexibility index (Phi) is 3.55. The van der Waals surface area contributed by atoms with Crippen molar-refractivity contribution in [3.05, 3.63) is 30.1 Å². The van der Waals surface area contributed by atoms with Gasteiger partial charge >= 0.3 is 5.97 Å². The number of carbonyl (C=O) groups is 1. The third-order valence-corrected chi connectivity index (χ3v) is 3.80. The topological polar surface area (TPSA) is 40.5 Å². The molecular weight excluding hydrogens is 233 g/mol. The largest absolute Gasteiger partial charge is 0.481 e. The molecule has 0 saturated heterocycles. The Bertz CT molecular complexity index is 441. The van der Waals surface area contributed by atoms with E-state index >= 15 is 0 Å². The molecule has 1 saturated carbocycles. The maximum absolute atomic E-state index is 13.2. The molecule has 1 aliphatic carbocycles. The number of anilines is 1. The SMILES string of the molecule is CN(CC1(C(=O)O)CCCC1)c1cccc(F)c1. The number of carboxylic acids is 1. The smallest absolute Gasteiger partial charge is 0.311 e. The summed E-state index contributed by atoms with van der Waals surface area (Å²) >= 11 is 0. The van der Waals surface area contributed by atoms with E-state index in [0.29, 0.717) is 19.4 Å². The molecule has 0 spiro atoms. The Morgan fingerprint density at radius 1 is 1.44 bits per heavy atom. The second-order valence-electron chi connectivity index (χ2n) is 5.13. The van der Waals surface area contributed by atoms with Crippen molar-refractivity contribution in [2.24, 2.45) is 5.41 Å². The molecule has 1 N–H and O–H groups in total. The molecule has 0 unspecified atom stereocenters. The van der Waals surface area contributed by atoms with E-state index in [1.165, 1.54) is 12.1 Å². The van der Waals surface area contributed by atoms with Gasteiger partial charge in [0.1, 0.15) is 5.82 Å². The molecule has 1 aliphatic rings. The Hall–Kier alpha value is -1.58. The van der Waals surface area contributed by atoms with Crippen LogP contribution in [0.3, 0.4) is 0 Å². The summed E-state index contributed by atoms with van der Waals surface area (Å²) in [5.74, 6) is -1.03. The number of rotatable bonds is 4. The van der Waals surface area contributed by atoms with Crippen LogP contribution in [0, 0.1) is 11.2 Å². The van der Waals surface area contributed by atoms with Crippen LogP contribution >= 0.6 is 0 Å². The number of carboxylic acid groups (broad SMARTS) is 1. The van der Waals surface area contributed by atoms with Crippen molar-refractivity contribution in [2.45, 2.75) is 25.7 Å². The highest BCUT2D eigenvalue weighted by atomic mass is 19.1. The van der Waals surface area contributed by atoms with Gasteiger partial charge < -0.3 is 10.0 Å². The highest BCUT2D eigenvalue weighted by Gasteiger charge is 2.42. The summed E-state index contributed by atoms with van der Waals surface area (Å²) in [6.45, 7) is 0.436. The van der Waals surface area contributed by atoms with E-state index in [-0.39, 0.29) is 5.82 Å². The minimum absolute atomic E-state index is 0.296. The lowest BCUT2D eigenvalue weighted by atomic mass is 9.85. The fourth-order valence-electron chi connectivity index (χ4n) is 2.75. The normalized spacial score (nSPS) is 17.7. The van der Waals surface area contributed by atoms with E-state index in [2.05, 4.69) is 0 Å². The third kappa shape index (κ3) is 2.47. The molecule has 98 valence electrons. The molecule has 0 radical (unpaired) electrons. The maximum atomic E-state index is 13.2. The quantitative estimate of drug-likeness (QED) is 0.894. The lowest BCUT2D eigenvalue weighted by Crippen LogP contribution is -2.40. The molecule has 1 aromatic rings. The van der Waals surface area contributed by atoms with Crippen LogP contribution in [0.4, 0.5) is 10.1 Å². The van der Waals surface area contributed by atoms with Gasteiger partial charge in [-0.3, -0.25) is 4.79 Å². The van der Waals surface area contributed by atoms with E-state index in [1.807, 2.05) is 11.9 Å². The van der Waals surface area contributed by atoms with Gasteiger partial charge in [-0.15, -0.1) is 0 Å². The third-order valence-electron chi connectivity index (χ3n) is 3.80. The summed E-state index contributed by atoms with van der Waals surface area (Å²) in [4.78, 5) is 13.3. The number of benzene rings is 1. The fraction of sp³-hybridized carbons (Fsp3) is 0.500. The molecule has 18 heavy (non-hydrogen) atoms. The summed E-state index contributed by atoms with van der Waals surface area (Å²) < 4.78 is 13.2. The van der Waals surface area contributed by atoms with Crippen LogP contribution in [-0.4, -0.2) is 24.7 Å². The standard InChI is InChI=1S/C14H18FNO2/c1-16(12-6-4-5-11(15)9-12)10-14(13(17)18)7-2-3-8-14/h4-6,9H,2-3,7-8,10H2,1H3,(H,17,18). The van der Waals surface area contributed by atoms with E-state index in [0.717, 1.165) is 18.5 Å². The van der Waals surface area contributed by atoms with Crippen LogP contribution in [0.25, 0.3) is 0 Å². The molecule has 0 atom stereocenters. The minimum Gasteiger partial charge on any atom is -0.481 e. The van der Waals surface area contributed by atoms with E-state index in [4.69, 9.17) is 0 Å². The second-order valence-corrected chi connectivity index (χ2v) is 5.13. The predicted molar refractivity (Wildman–Crippen MR) is 68.2 cm³/mol. The van der Waals surface area contributed by atoms with Crippen LogP contribution < -0.4 is 4.90 Å². The first-order chi connectivity index (χ1) is 8.53. The highest BCUT2D eigenvalue weighted by Crippen LogP contribution is 2.39. The van der Waals surface area contributed by atoms with E-state index < -0.39 is 11.4 Å². The van der Waals surface area contributed by atoms with Crippen LogP contribution in [-0.2, 0) is 4.79 Å². The summed E-state index contributed by atoms with van der Waals surface area (Å²) in [5, 5.41) is 9.41. The first-order valence-electron chi connectivity index (χ1n) is 6.24. The Labute approximate surface area is 106 Å². The zero-order valence-corrected chi connectivity index (χ0v) is 10.5. The number of nitrogens with zero attached hydrogens (tertiary/aromatic N) is 1. The van der Waals surface area contributed by atoms with Crippen LogP contribution in [0.1, 0.15) is 25.7 Å². The molecule has 4 heteroatoms. The van der Waals surface area contributed by atoms with Crippen molar-refractivity contribution >= 4 is 11.7 Å². The van der Waals surface area contributed by atoms with Gasteiger partial charge in [0.05, 0.1) is 5.41 Å². The van der Waals surface area contributed by atoms with Crippen molar-refractivity contribution in [1.82, 2.24) is 0 Å². The summed E-state index contributed by atoms with van der Waals surface area (Å²) in [6, 6.07) is 6.27. The van der Waals surface area contributed by atoms with Gasteiger partial charge in [-0.2, -0.15) is 0 Å². The van der Waals surface area contributed by atoms with E-state index in [9.17, 15) is 14.3 Å². The van der Waals surface area contributed by atoms with Crippen molar-refractivity contribution in [3.63, 3.8) is 0 Å². The molecule has 3 nitrogen and oxygen atoms in total. The second kappa shape index (κ2) is 4.96. The molecule has 0 aromatic heterocycles. The minimum atomic E-state index is -0.733. The zero-order valence-electron chi connectivity index (χ0n) is 10.5. The monoisotopic (exact) mass is 251 g/mol. The maximum Gasteiger partial charge on any atom is 0.311 e. The number of hydrogen-bond acceptors (Lipinski definition) is 2. The highest BCUT2D eigenvalue weighted by molar-refractivity contribution is 5.76. The predicted octanol–water partition coefficient (Wildman–Crippen LogP) is 2.91. The summed E-state index contributed by atoms with van der Waals surface area (Å²) in [7, 11) is 1.82. The zero-order chi connectivity index (χ0) is 13.2. The average molecular weight is 251 g/mol. The van der Waals surface area contributed by atoms with Crippen molar-refractivity contribution in [3.8, 4) is 0 Å². The first kappa shape index (κ1) is 12.9. The Morgan fingerprint density at radius 2 is 2.11 bits per heavy atom. The van der Waals surface area contributed by atoms with Crippen molar-refractivity contribution in [1.29, 1.82) is 0 Å². The molecule has 1 aromatic carbocycles. The molecule has 2 rings (SSSR count). The van der Waals surface area contributed by atoms with Crippen LogP contribution in [0.15, 0.2) is 24.3 Å². The first-order valence-corrected chi connectivity index (χ1v) is 6.24. The summed E-state index contributed by atoms with van der Waals surface area (Å²) in [6.07, 6.45) is 3.34.